The molecule has 0 saturated carbocycles. The van der Waals surface area contributed by atoms with E-state index in [9.17, 15) is 4.79 Å². The van der Waals surface area contributed by atoms with Crippen LogP contribution in [-0.4, -0.2) is 54.3 Å². The average molecular weight is 369 g/mol. The van der Waals surface area contributed by atoms with Gasteiger partial charge in [-0.15, -0.1) is 0 Å². The van der Waals surface area contributed by atoms with Gasteiger partial charge in [-0.05, 0) is 50.3 Å². The fourth-order valence-corrected chi connectivity index (χ4v) is 4.00. The van der Waals surface area contributed by atoms with Gasteiger partial charge in [0.05, 0.1) is 11.0 Å². The van der Waals surface area contributed by atoms with Crippen LogP contribution in [0.25, 0.3) is 11.0 Å². The number of anilines is 1. The highest BCUT2D eigenvalue weighted by Gasteiger charge is 2.26. The molecule has 4 rings (SSSR count). The lowest BCUT2D eigenvalue weighted by atomic mass is 10.0. The van der Waals surface area contributed by atoms with Gasteiger partial charge in [-0.1, -0.05) is 6.07 Å². The third kappa shape index (κ3) is 4.04. The summed E-state index contributed by atoms with van der Waals surface area (Å²) in [5, 5.41) is 3.77. The average Bonchev–Trinajstić information content (AvgIpc) is 2.68. The molecule has 7 heteroatoms. The molecule has 0 atom stereocenters. The molecular weight excluding hydrogens is 342 g/mol. The van der Waals surface area contributed by atoms with Crippen LogP contribution in [0, 0.1) is 6.92 Å². The molecule has 0 radical (unpaired) electrons. The number of fused-ring (bicyclic) bond motifs is 1. The predicted octanol–water partition coefficient (Wildman–Crippen LogP) is 1.77. The maximum Gasteiger partial charge on any atom is 0.271 e. The number of benzene rings is 1. The van der Waals surface area contributed by atoms with Gasteiger partial charge in [0.1, 0.15) is 0 Å². The van der Waals surface area contributed by atoms with Gasteiger partial charge in [0, 0.05) is 38.4 Å². The Labute approximate surface area is 159 Å². The van der Waals surface area contributed by atoms with E-state index in [0.717, 1.165) is 63.1 Å². The standard InChI is InChI=1S/C20H27N5O2/c1-13-2-3-16-17(12-13)23-18(19(21)26)20(24-16)25-8-4-14(5-9-25)22-15-6-10-27-11-7-15/h2-3,12,14-15,22H,4-11H2,1H3,(H2,21,26). The molecule has 7 nitrogen and oxygen atoms in total. The number of nitrogens with two attached hydrogens (primary N) is 1. The number of amides is 1. The Bertz CT molecular complexity index is 826. The second-order valence-corrected chi connectivity index (χ2v) is 7.57. The van der Waals surface area contributed by atoms with Crippen molar-refractivity contribution in [3.8, 4) is 0 Å². The van der Waals surface area contributed by atoms with Crippen LogP contribution in [-0.2, 0) is 4.74 Å². The van der Waals surface area contributed by atoms with Crippen LogP contribution in [0.15, 0.2) is 18.2 Å². The summed E-state index contributed by atoms with van der Waals surface area (Å²) in [7, 11) is 0. The van der Waals surface area contributed by atoms with Gasteiger partial charge in [0.2, 0.25) is 0 Å². The van der Waals surface area contributed by atoms with Crippen molar-refractivity contribution in [2.75, 3.05) is 31.2 Å². The number of nitrogens with one attached hydrogen (secondary N) is 1. The summed E-state index contributed by atoms with van der Waals surface area (Å²) in [4.78, 5) is 23.4. The predicted molar refractivity (Wildman–Crippen MR) is 105 cm³/mol. The minimum absolute atomic E-state index is 0.268. The van der Waals surface area contributed by atoms with Crippen molar-refractivity contribution < 1.29 is 9.53 Å². The first-order valence-corrected chi connectivity index (χ1v) is 9.77. The summed E-state index contributed by atoms with van der Waals surface area (Å²) >= 11 is 0. The first kappa shape index (κ1) is 18.1. The van der Waals surface area contributed by atoms with Crippen LogP contribution in [0.1, 0.15) is 41.7 Å². The van der Waals surface area contributed by atoms with Crippen LogP contribution in [0.5, 0.6) is 0 Å². The Morgan fingerprint density at radius 3 is 2.52 bits per heavy atom. The van der Waals surface area contributed by atoms with E-state index < -0.39 is 5.91 Å². The highest BCUT2D eigenvalue weighted by atomic mass is 16.5. The molecule has 0 aliphatic carbocycles. The molecule has 1 amide bonds. The number of hydrogen-bond donors (Lipinski definition) is 2. The summed E-state index contributed by atoms with van der Waals surface area (Å²) in [5.41, 5.74) is 8.47. The molecule has 0 unspecified atom stereocenters. The first-order valence-electron chi connectivity index (χ1n) is 9.77. The lowest BCUT2D eigenvalue weighted by Crippen LogP contribution is -2.48. The zero-order valence-corrected chi connectivity index (χ0v) is 15.8. The summed E-state index contributed by atoms with van der Waals surface area (Å²) < 4.78 is 5.43. The second kappa shape index (κ2) is 7.78. The summed E-state index contributed by atoms with van der Waals surface area (Å²) in [6.45, 7) is 5.38. The van der Waals surface area contributed by atoms with E-state index in [4.69, 9.17) is 15.5 Å². The van der Waals surface area contributed by atoms with Crippen molar-refractivity contribution in [3.05, 3.63) is 29.5 Å². The molecule has 3 heterocycles. The molecule has 1 aromatic heterocycles. The van der Waals surface area contributed by atoms with E-state index in [1.54, 1.807) is 0 Å². The fraction of sp³-hybridized carbons (Fsp3) is 0.550. The topological polar surface area (TPSA) is 93.4 Å². The van der Waals surface area contributed by atoms with Crippen LogP contribution in [0.4, 0.5) is 5.82 Å². The van der Waals surface area contributed by atoms with Gasteiger partial charge in [0.15, 0.2) is 11.5 Å². The van der Waals surface area contributed by atoms with Gasteiger partial charge >= 0.3 is 0 Å². The highest BCUT2D eigenvalue weighted by Crippen LogP contribution is 2.25. The van der Waals surface area contributed by atoms with Crippen LogP contribution in [0.2, 0.25) is 0 Å². The number of rotatable bonds is 4. The fourth-order valence-electron chi connectivity index (χ4n) is 4.00. The minimum atomic E-state index is -0.525. The first-order chi connectivity index (χ1) is 13.1. The monoisotopic (exact) mass is 369 g/mol. The molecule has 0 bridgehead atoms. The van der Waals surface area contributed by atoms with Crippen molar-refractivity contribution >= 4 is 22.8 Å². The number of aryl methyl sites for hydroxylation is 1. The smallest absolute Gasteiger partial charge is 0.271 e. The van der Waals surface area contributed by atoms with E-state index in [2.05, 4.69) is 15.2 Å². The van der Waals surface area contributed by atoms with Crippen LogP contribution >= 0.6 is 0 Å². The minimum Gasteiger partial charge on any atom is -0.381 e. The molecule has 2 aliphatic heterocycles. The number of ether oxygens (including phenoxy) is 1. The van der Waals surface area contributed by atoms with Crippen molar-refractivity contribution in [2.24, 2.45) is 5.73 Å². The van der Waals surface area contributed by atoms with Gasteiger partial charge < -0.3 is 20.7 Å². The Morgan fingerprint density at radius 1 is 1.11 bits per heavy atom. The molecule has 144 valence electrons. The molecule has 2 aromatic rings. The van der Waals surface area contributed by atoms with Gasteiger partial charge in [-0.3, -0.25) is 4.79 Å². The van der Waals surface area contributed by atoms with Crippen molar-refractivity contribution in [1.82, 2.24) is 15.3 Å². The maximum absolute atomic E-state index is 12.0. The zero-order valence-electron chi connectivity index (χ0n) is 15.8. The highest BCUT2D eigenvalue weighted by molar-refractivity contribution is 5.98. The number of nitrogens with zero attached hydrogens (tertiary/aromatic N) is 3. The Hall–Kier alpha value is -2.25. The van der Waals surface area contributed by atoms with E-state index in [0.29, 0.717) is 23.4 Å². The van der Waals surface area contributed by atoms with E-state index in [1.165, 1.54) is 0 Å². The largest absolute Gasteiger partial charge is 0.381 e. The maximum atomic E-state index is 12.0. The third-order valence-electron chi connectivity index (χ3n) is 5.52. The quantitative estimate of drug-likeness (QED) is 0.853. The number of carbonyl (C=O) groups is 1. The lowest BCUT2D eigenvalue weighted by molar-refractivity contribution is 0.0738. The molecule has 1 aromatic carbocycles. The number of hydrogen-bond acceptors (Lipinski definition) is 6. The van der Waals surface area contributed by atoms with Gasteiger partial charge in [-0.25, -0.2) is 9.97 Å². The Morgan fingerprint density at radius 2 is 1.81 bits per heavy atom. The summed E-state index contributed by atoms with van der Waals surface area (Å²) in [6.07, 6.45) is 4.20. The zero-order chi connectivity index (χ0) is 18.8. The summed E-state index contributed by atoms with van der Waals surface area (Å²) in [5.74, 6) is 0.0896. The second-order valence-electron chi connectivity index (χ2n) is 7.57. The Kier molecular flexibility index (Phi) is 5.22. The summed E-state index contributed by atoms with van der Waals surface area (Å²) in [6, 6.07) is 6.94. The van der Waals surface area contributed by atoms with E-state index in [-0.39, 0.29) is 5.69 Å². The molecule has 27 heavy (non-hydrogen) atoms. The molecular formula is C20H27N5O2. The van der Waals surface area contributed by atoms with E-state index in [1.807, 2.05) is 25.1 Å². The number of piperidine rings is 1. The van der Waals surface area contributed by atoms with Crippen molar-refractivity contribution in [1.29, 1.82) is 0 Å². The molecule has 2 saturated heterocycles. The number of carbonyl (C=O) groups excluding carboxylic acids is 1. The van der Waals surface area contributed by atoms with Gasteiger partial charge in [-0.2, -0.15) is 0 Å². The van der Waals surface area contributed by atoms with Crippen molar-refractivity contribution in [2.45, 2.75) is 44.7 Å². The normalized spacial score (nSPS) is 19.5. The number of primary amides is 1. The molecule has 2 aliphatic rings. The van der Waals surface area contributed by atoms with E-state index >= 15 is 0 Å². The SMILES string of the molecule is Cc1ccc2nc(N3CCC(NC4CCOCC4)CC3)c(C(N)=O)nc2c1. The van der Waals surface area contributed by atoms with Crippen LogP contribution < -0.4 is 16.0 Å². The van der Waals surface area contributed by atoms with Gasteiger partial charge in [0.25, 0.3) is 5.91 Å². The third-order valence-corrected chi connectivity index (χ3v) is 5.52. The molecule has 2 fully saturated rings. The lowest BCUT2D eigenvalue weighted by Gasteiger charge is -2.36. The number of aromatic nitrogens is 2. The molecule has 3 N–H and O–H groups in total. The van der Waals surface area contributed by atoms with Crippen molar-refractivity contribution in [3.63, 3.8) is 0 Å². The molecule has 0 spiro atoms. The Balaban J connectivity index is 1.50. The van der Waals surface area contributed by atoms with Crippen LogP contribution in [0.3, 0.4) is 0 Å².